The molecular formula is C45H58F2N4O5Si. The normalized spacial score (nSPS) is 20.5. The van der Waals surface area contributed by atoms with E-state index < -0.39 is 44.1 Å². The van der Waals surface area contributed by atoms with Crippen LogP contribution in [-0.4, -0.2) is 87.1 Å². The van der Waals surface area contributed by atoms with Crippen LogP contribution in [0.5, 0.6) is 11.5 Å². The van der Waals surface area contributed by atoms with E-state index in [1.165, 1.54) is 0 Å². The highest BCUT2D eigenvalue weighted by molar-refractivity contribution is 6.99. The fourth-order valence-corrected chi connectivity index (χ4v) is 12.8. The number of ether oxygens (including phenoxy) is 3. The zero-order chi connectivity index (χ0) is 41.2. The summed E-state index contributed by atoms with van der Waals surface area (Å²) in [5, 5.41) is 4.92. The molecule has 12 heteroatoms. The largest absolute Gasteiger partial charge is 0.454 e. The van der Waals surface area contributed by atoms with Gasteiger partial charge in [0.25, 0.3) is 14.2 Å². The van der Waals surface area contributed by atoms with E-state index in [1.807, 2.05) is 113 Å². The minimum atomic E-state index is -3.24. The van der Waals surface area contributed by atoms with Crippen molar-refractivity contribution in [1.82, 2.24) is 15.1 Å². The van der Waals surface area contributed by atoms with Gasteiger partial charge in [0, 0.05) is 37.1 Å². The standard InChI is InChI=1S/C45H58F2N4O5Si/c1-10-34(49-35-21-22-50(27-35)42(52)56-43(4,5)6)26-48-32(3)41-38-25-40-39(53-30-54-40)24-33(38)23-31(2)51(41)28-45(46,47)29-55-57(44(7,8)9,36-17-13-11-14-18-36)37-19-15-12-16-20-37/h10-20,24-26,31,35,41,49H,3,21-23,27-30H2,1-2,4-9H3/b34-10+,48-26?/t31-,35+,41-/m1/s1. The van der Waals surface area contributed by atoms with Gasteiger partial charge in [0.2, 0.25) is 6.79 Å². The number of alkyl halides is 2. The maximum Gasteiger partial charge on any atom is 0.410 e. The molecule has 0 aromatic heterocycles. The van der Waals surface area contributed by atoms with E-state index in [9.17, 15) is 4.79 Å². The number of hydrogen-bond donors (Lipinski definition) is 1. The number of aliphatic imine (C=N–C) groups is 1. The lowest BCUT2D eigenvalue weighted by atomic mass is 9.86. The van der Waals surface area contributed by atoms with E-state index in [0.29, 0.717) is 36.7 Å². The number of halogens is 2. The Morgan fingerprint density at radius 1 is 1.00 bits per heavy atom. The van der Waals surface area contributed by atoms with E-state index in [1.54, 1.807) is 16.0 Å². The molecule has 0 saturated carbocycles. The van der Waals surface area contributed by atoms with Crippen molar-refractivity contribution >= 4 is 31.0 Å². The molecule has 306 valence electrons. The van der Waals surface area contributed by atoms with E-state index in [2.05, 4.69) is 32.7 Å². The number of likely N-dealkylation sites (tertiary alicyclic amines) is 1. The molecule has 0 spiro atoms. The minimum Gasteiger partial charge on any atom is -0.454 e. The van der Waals surface area contributed by atoms with Gasteiger partial charge in [0.1, 0.15) is 5.60 Å². The van der Waals surface area contributed by atoms with Gasteiger partial charge in [-0.1, -0.05) is 94.1 Å². The summed E-state index contributed by atoms with van der Waals surface area (Å²) in [5.74, 6) is -2.03. The second-order valence-electron chi connectivity index (χ2n) is 17.4. The Bertz CT molecular complexity index is 1920. The maximum absolute atomic E-state index is 16.8. The first-order valence-electron chi connectivity index (χ1n) is 19.9. The number of amides is 1. The van der Waals surface area contributed by atoms with Crippen LogP contribution in [-0.2, 0) is 15.6 Å². The molecule has 3 aliphatic heterocycles. The Morgan fingerprint density at radius 2 is 1.61 bits per heavy atom. The number of benzene rings is 3. The number of nitrogens with one attached hydrogen (secondary N) is 1. The summed E-state index contributed by atoms with van der Waals surface area (Å²) in [6.07, 6.45) is 4.52. The topological polar surface area (TPSA) is 84.9 Å². The van der Waals surface area contributed by atoms with Crippen molar-refractivity contribution in [3.8, 4) is 11.5 Å². The molecule has 1 amide bonds. The third-order valence-corrected chi connectivity index (χ3v) is 15.9. The monoisotopic (exact) mass is 800 g/mol. The Balaban J connectivity index is 1.26. The lowest BCUT2D eigenvalue weighted by molar-refractivity contribution is -0.0822. The highest BCUT2D eigenvalue weighted by Gasteiger charge is 2.52. The molecule has 9 nitrogen and oxygen atoms in total. The van der Waals surface area contributed by atoms with Crippen LogP contribution in [0.2, 0.25) is 5.04 Å². The molecule has 3 aliphatic rings. The summed E-state index contributed by atoms with van der Waals surface area (Å²) in [4.78, 5) is 21.0. The molecule has 0 bridgehead atoms. The van der Waals surface area contributed by atoms with E-state index >= 15 is 8.78 Å². The van der Waals surface area contributed by atoms with Crippen LogP contribution >= 0.6 is 0 Å². The molecule has 57 heavy (non-hydrogen) atoms. The Morgan fingerprint density at radius 3 is 2.19 bits per heavy atom. The quantitative estimate of drug-likeness (QED) is 0.147. The second kappa shape index (κ2) is 16.8. The molecule has 1 fully saturated rings. The van der Waals surface area contributed by atoms with Gasteiger partial charge in [-0.2, -0.15) is 0 Å². The molecule has 0 unspecified atom stereocenters. The molecule has 3 atom stereocenters. The van der Waals surface area contributed by atoms with Crippen LogP contribution in [0.3, 0.4) is 0 Å². The van der Waals surface area contributed by atoms with Crippen LogP contribution in [0, 0.1) is 0 Å². The van der Waals surface area contributed by atoms with Crippen molar-refractivity contribution in [3.05, 3.63) is 108 Å². The number of hydrogen-bond acceptors (Lipinski definition) is 8. The zero-order valence-electron chi connectivity index (χ0n) is 34.6. The first-order valence-corrected chi connectivity index (χ1v) is 21.8. The Kier molecular flexibility index (Phi) is 12.4. The van der Waals surface area contributed by atoms with Crippen molar-refractivity contribution in [3.63, 3.8) is 0 Å². The molecule has 3 aromatic rings. The van der Waals surface area contributed by atoms with Crippen LogP contribution < -0.4 is 25.2 Å². The lowest BCUT2D eigenvalue weighted by Crippen LogP contribution is -2.67. The summed E-state index contributed by atoms with van der Waals surface area (Å²) in [5.41, 5.74) is 2.36. The molecule has 6 rings (SSSR count). The number of carbonyl (C=O) groups is 1. The van der Waals surface area contributed by atoms with E-state index in [0.717, 1.165) is 33.6 Å². The van der Waals surface area contributed by atoms with Crippen molar-refractivity contribution in [1.29, 1.82) is 0 Å². The molecule has 3 heterocycles. The smallest absolute Gasteiger partial charge is 0.410 e. The second-order valence-corrected chi connectivity index (χ2v) is 21.7. The Hall–Kier alpha value is -4.52. The van der Waals surface area contributed by atoms with E-state index in [-0.39, 0.29) is 25.0 Å². The molecule has 0 aliphatic carbocycles. The summed E-state index contributed by atoms with van der Waals surface area (Å²) < 4.78 is 57.4. The predicted octanol–water partition coefficient (Wildman–Crippen LogP) is 8.00. The van der Waals surface area contributed by atoms with Crippen molar-refractivity contribution in [2.75, 3.05) is 33.0 Å². The van der Waals surface area contributed by atoms with Gasteiger partial charge in [-0.15, -0.1) is 0 Å². The zero-order valence-corrected chi connectivity index (χ0v) is 35.6. The van der Waals surface area contributed by atoms with Crippen LogP contribution in [0.25, 0.3) is 0 Å². The van der Waals surface area contributed by atoms with Gasteiger partial charge in [-0.3, -0.25) is 9.89 Å². The number of rotatable bonds is 12. The summed E-state index contributed by atoms with van der Waals surface area (Å²) in [6, 6.07) is 22.6. The first-order chi connectivity index (χ1) is 26.9. The van der Waals surface area contributed by atoms with Crippen molar-refractivity contribution in [2.24, 2.45) is 4.99 Å². The number of nitrogens with zero attached hydrogens (tertiary/aromatic N) is 3. The molecular weight excluding hydrogens is 743 g/mol. The lowest BCUT2D eigenvalue weighted by Gasteiger charge is -2.45. The summed E-state index contributed by atoms with van der Waals surface area (Å²) >= 11 is 0. The van der Waals surface area contributed by atoms with Gasteiger partial charge in [-0.05, 0) is 86.1 Å². The molecule has 1 saturated heterocycles. The first kappa shape index (κ1) is 42.1. The van der Waals surface area contributed by atoms with Gasteiger partial charge in [0.15, 0.2) is 11.5 Å². The van der Waals surface area contributed by atoms with Crippen LogP contribution in [0.1, 0.15) is 79.0 Å². The number of fused-ring (bicyclic) bond motifs is 2. The van der Waals surface area contributed by atoms with E-state index in [4.69, 9.17) is 23.6 Å². The molecule has 0 radical (unpaired) electrons. The minimum absolute atomic E-state index is 0.00988. The average molecular weight is 801 g/mol. The third-order valence-electron chi connectivity index (χ3n) is 10.9. The summed E-state index contributed by atoms with van der Waals surface area (Å²) in [6.45, 7) is 19.9. The van der Waals surface area contributed by atoms with Gasteiger partial charge >= 0.3 is 6.09 Å². The van der Waals surface area contributed by atoms with Gasteiger partial charge in [0.05, 0.1) is 24.9 Å². The van der Waals surface area contributed by atoms with Crippen LogP contribution in [0.4, 0.5) is 13.6 Å². The maximum atomic E-state index is 16.8. The van der Waals surface area contributed by atoms with Crippen molar-refractivity contribution in [2.45, 2.75) is 103 Å². The fraction of sp³-hybridized carbons (Fsp3) is 0.467. The predicted molar refractivity (Wildman–Crippen MR) is 224 cm³/mol. The van der Waals surface area contributed by atoms with Gasteiger partial charge in [-0.25, -0.2) is 13.6 Å². The highest BCUT2D eigenvalue weighted by Crippen LogP contribution is 2.45. The van der Waals surface area contributed by atoms with Crippen LogP contribution in [0.15, 0.2) is 102 Å². The molecule has 1 N–H and O–H groups in total. The average Bonchev–Trinajstić information content (AvgIpc) is 3.82. The third kappa shape index (κ3) is 9.45. The highest BCUT2D eigenvalue weighted by atomic mass is 28.4. The van der Waals surface area contributed by atoms with Gasteiger partial charge < -0.3 is 28.9 Å². The molecule has 3 aromatic carbocycles. The number of carbonyl (C=O) groups excluding carboxylic acids is 1. The number of allylic oxidation sites excluding steroid dienone is 2. The SMILES string of the molecule is C=C(N=C/C(=C\C)N[C@H]1CCN(C(=O)OC(C)(C)C)C1)[C@@H]1c2cc3c(cc2C[C@@H](C)N1CC(F)(F)CO[Si](c1ccccc1)(c1ccccc1)C(C)(C)C)OCO3. The summed E-state index contributed by atoms with van der Waals surface area (Å²) in [7, 11) is -3.23. The van der Waals surface area contributed by atoms with Crippen molar-refractivity contribution < 1.29 is 32.2 Å². The fourth-order valence-electron chi connectivity index (χ4n) is 8.23. The Labute approximate surface area is 337 Å².